The first-order chi connectivity index (χ1) is 8.63. The van der Waals surface area contributed by atoms with E-state index in [9.17, 15) is 9.59 Å². The van der Waals surface area contributed by atoms with E-state index in [0.717, 1.165) is 5.56 Å². The summed E-state index contributed by atoms with van der Waals surface area (Å²) in [6.45, 7) is 3.29. The molecule has 0 saturated heterocycles. The molecule has 0 spiro atoms. The second-order valence-electron chi connectivity index (χ2n) is 3.73. The second-order valence-corrected chi connectivity index (χ2v) is 3.73. The number of carbonyl (C=O) groups excluding carboxylic acids is 1. The number of carboxylic acid groups (broad SMARTS) is 1. The Morgan fingerprint density at radius 2 is 1.94 bits per heavy atom. The lowest BCUT2D eigenvalue weighted by Gasteiger charge is -2.05. The number of carboxylic acids is 1. The van der Waals surface area contributed by atoms with Crippen LogP contribution in [0.3, 0.4) is 0 Å². The molecule has 0 saturated carbocycles. The molecule has 1 aromatic carbocycles. The first-order valence-electron chi connectivity index (χ1n) is 5.80. The molecule has 0 bridgehead atoms. The van der Waals surface area contributed by atoms with Crippen LogP contribution < -0.4 is 5.32 Å². The summed E-state index contributed by atoms with van der Waals surface area (Å²) in [6.07, 6.45) is 0.334. The van der Waals surface area contributed by atoms with E-state index in [2.05, 4.69) is 5.32 Å². The molecule has 2 N–H and O–H groups in total. The Bertz CT molecular complexity index is 400. The van der Waals surface area contributed by atoms with Crippen molar-refractivity contribution in [2.24, 2.45) is 0 Å². The zero-order valence-corrected chi connectivity index (χ0v) is 10.3. The maximum absolute atomic E-state index is 11.4. The first kappa shape index (κ1) is 14.2. The van der Waals surface area contributed by atoms with Crippen LogP contribution in [0.1, 0.15) is 29.3 Å². The van der Waals surface area contributed by atoms with Crippen LogP contribution in [-0.4, -0.2) is 30.2 Å². The molecule has 0 heterocycles. The number of hydrogen-bond donors (Lipinski definition) is 2. The Morgan fingerprint density at radius 3 is 2.50 bits per heavy atom. The highest BCUT2D eigenvalue weighted by molar-refractivity contribution is 5.87. The van der Waals surface area contributed by atoms with Gasteiger partial charge < -0.3 is 15.2 Å². The highest BCUT2D eigenvalue weighted by atomic mass is 16.5. The molecule has 5 nitrogen and oxygen atoms in total. The fraction of sp³-hybridized carbons (Fsp3) is 0.385. The minimum atomic E-state index is -0.956. The minimum absolute atomic E-state index is 0.0780. The van der Waals surface area contributed by atoms with Gasteiger partial charge in [-0.2, -0.15) is 0 Å². The van der Waals surface area contributed by atoms with E-state index in [1.54, 1.807) is 12.1 Å². The first-order valence-corrected chi connectivity index (χ1v) is 5.80. The van der Waals surface area contributed by atoms with Crippen LogP contribution in [0.5, 0.6) is 0 Å². The molecular formula is C13H17NO4. The third-order valence-corrected chi connectivity index (χ3v) is 2.37. The van der Waals surface area contributed by atoms with E-state index in [0.29, 0.717) is 26.2 Å². The van der Waals surface area contributed by atoms with Crippen LogP contribution in [0, 0.1) is 0 Å². The van der Waals surface area contributed by atoms with Crippen molar-refractivity contribution in [3.05, 3.63) is 35.4 Å². The summed E-state index contributed by atoms with van der Waals surface area (Å²) in [5.74, 6) is -1.03. The fourth-order valence-corrected chi connectivity index (χ4v) is 1.36. The molecule has 1 rings (SSSR count). The standard InChI is InChI=1S/C13H17NO4/c1-2-18-8-7-12(15)14-9-10-3-5-11(6-4-10)13(16)17/h3-6H,2,7-9H2,1H3,(H,14,15)(H,16,17). The van der Waals surface area contributed by atoms with E-state index in [-0.39, 0.29) is 11.5 Å². The van der Waals surface area contributed by atoms with E-state index in [4.69, 9.17) is 9.84 Å². The van der Waals surface area contributed by atoms with Gasteiger partial charge in [-0.05, 0) is 24.6 Å². The molecule has 0 fully saturated rings. The SMILES string of the molecule is CCOCCC(=O)NCc1ccc(C(=O)O)cc1. The van der Waals surface area contributed by atoms with E-state index >= 15 is 0 Å². The molecule has 1 amide bonds. The largest absolute Gasteiger partial charge is 0.478 e. The molecule has 98 valence electrons. The summed E-state index contributed by atoms with van der Waals surface area (Å²) in [5.41, 5.74) is 1.10. The van der Waals surface area contributed by atoms with Crippen LogP contribution in [-0.2, 0) is 16.1 Å². The highest BCUT2D eigenvalue weighted by Crippen LogP contribution is 2.04. The van der Waals surface area contributed by atoms with Crippen LogP contribution in [0.2, 0.25) is 0 Å². The van der Waals surface area contributed by atoms with Gasteiger partial charge in [0.1, 0.15) is 0 Å². The third kappa shape index (κ3) is 4.97. The van der Waals surface area contributed by atoms with Crippen molar-refractivity contribution in [1.29, 1.82) is 0 Å². The van der Waals surface area contributed by atoms with Gasteiger partial charge in [-0.25, -0.2) is 4.79 Å². The van der Waals surface area contributed by atoms with Gasteiger partial charge in [-0.1, -0.05) is 12.1 Å². The molecule has 1 aromatic rings. The monoisotopic (exact) mass is 251 g/mol. The van der Waals surface area contributed by atoms with Crippen LogP contribution in [0.4, 0.5) is 0 Å². The summed E-state index contributed by atoms with van der Waals surface area (Å²) in [6, 6.07) is 6.41. The Hall–Kier alpha value is -1.88. The smallest absolute Gasteiger partial charge is 0.335 e. The molecule has 0 atom stereocenters. The van der Waals surface area contributed by atoms with Crippen LogP contribution in [0.25, 0.3) is 0 Å². The molecule has 0 aromatic heterocycles. The number of benzene rings is 1. The Kier molecular flexibility index (Phi) is 5.87. The van der Waals surface area contributed by atoms with Crippen molar-refractivity contribution in [3.8, 4) is 0 Å². The van der Waals surface area contributed by atoms with E-state index in [1.807, 2.05) is 6.92 Å². The molecule has 5 heteroatoms. The average molecular weight is 251 g/mol. The molecule has 18 heavy (non-hydrogen) atoms. The number of hydrogen-bond acceptors (Lipinski definition) is 3. The van der Waals surface area contributed by atoms with Crippen LogP contribution in [0.15, 0.2) is 24.3 Å². The van der Waals surface area contributed by atoms with Gasteiger partial charge in [0, 0.05) is 19.6 Å². The summed E-state index contributed by atoms with van der Waals surface area (Å²) >= 11 is 0. The maximum Gasteiger partial charge on any atom is 0.335 e. The van der Waals surface area contributed by atoms with E-state index < -0.39 is 5.97 Å². The molecule has 0 unspecified atom stereocenters. The van der Waals surface area contributed by atoms with E-state index in [1.165, 1.54) is 12.1 Å². The summed E-state index contributed by atoms with van der Waals surface area (Å²) in [5, 5.41) is 11.5. The lowest BCUT2D eigenvalue weighted by Crippen LogP contribution is -2.23. The zero-order valence-electron chi connectivity index (χ0n) is 10.3. The Labute approximate surface area is 106 Å². The average Bonchev–Trinajstić information content (AvgIpc) is 2.37. The van der Waals surface area contributed by atoms with Gasteiger partial charge in [0.15, 0.2) is 0 Å². The molecule has 0 aliphatic carbocycles. The Morgan fingerprint density at radius 1 is 1.28 bits per heavy atom. The number of carbonyl (C=O) groups is 2. The van der Waals surface area contributed by atoms with Gasteiger partial charge >= 0.3 is 5.97 Å². The van der Waals surface area contributed by atoms with Crippen molar-refractivity contribution in [3.63, 3.8) is 0 Å². The van der Waals surface area contributed by atoms with Gasteiger partial charge in [0.05, 0.1) is 12.2 Å². The van der Waals surface area contributed by atoms with Gasteiger partial charge in [0.2, 0.25) is 5.91 Å². The quantitative estimate of drug-likeness (QED) is 0.719. The van der Waals surface area contributed by atoms with Crippen molar-refractivity contribution in [1.82, 2.24) is 5.32 Å². The zero-order chi connectivity index (χ0) is 13.4. The number of nitrogens with one attached hydrogen (secondary N) is 1. The summed E-state index contributed by atoms with van der Waals surface area (Å²) in [4.78, 5) is 22.0. The second kappa shape index (κ2) is 7.45. The predicted octanol–water partition coefficient (Wildman–Crippen LogP) is 1.43. The minimum Gasteiger partial charge on any atom is -0.478 e. The topological polar surface area (TPSA) is 75.6 Å². The molecule has 0 aliphatic rings. The van der Waals surface area contributed by atoms with Crippen molar-refractivity contribution < 1.29 is 19.4 Å². The number of ether oxygens (including phenoxy) is 1. The van der Waals surface area contributed by atoms with Gasteiger partial charge in [-0.3, -0.25) is 4.79 Å². The molecular weight excluding hydrogens is 234 g/mol. The fourth-order valence-electron chi connectivity index (χ4n) is 1.36. The summed E-state index contributed by atoms with van der Waals surface area (Å²) in [7, 11) is 0. The lowest BCUT2D eigenvalue weighted by atomic mass is 10.1. The molecule has 0 radical (unpaired) electrons. The van der Waals surface area contributed by atoms with Crippen molar-refractivity contribution in [2.45, 2.75) is 19.9 Å². The summed E-state index contributed by atoms with van der Waals surface area (Å²) < 4.78 is 5.07. The maximum atomic E-state index is 11.4. The van der Waals surface area contributed by atoms with Crippen LogP contribution >= 0.6 is 0 Å². The van der Waals surface area contributed by atoms with Crippen molar-refractivity contribution >= 4 is 11.9 Å². The van der Waals surface area contributed by atoms with Crippen molar-refractivity contribution in [2.75, 3.05) is 13.2 Å². The van der Waals surface area contributed by atoms with Gasteiger partial charge in [0.25, 0.3) is 0 Å². The highest BCUT2D eigenvalue weighted by Gasteiger charge is 2.03. The molecule has 0 aliphatic heterocycles. The van der Waals surface area contributed by atoms with Gasteiger partial charge in [-0.15, -0.1) is 0 Å². The normalized spacial score (nSPS) is 10.1. The number of amides is 1. The number of rotatable bonds is 7. The third-order valence-electron chi connectivity index (χ3n) is 2.37. The predicted molar refractivity (Wildman–Crippen MR) is 66.4 cm³/mol. The number of aromatic carboxylic acids is 1. The Balaban J connectivity index is 2.34. The lowest BCUT2D eigenvalue weighted by molar-refractivity contribution is -0.122.